The van der Waals surface area contributed by atoms with Crippen molar-refractivity contribution in [2.45, 2.75) is 19.9 Å². The highest BCUT2D eigenvalue weighted by molar-refractivity contribution is 5.78. The summed E-state index contributed by atoms with van der Waals surface area (Å²) >= 11 is 0. The molecule has 0 spiro atoms. The number of nitrogens with zero attached hydrogens (tertiary/aromatic N) is 2. The van der Waals surface area contributed by atoms with Crippen LogP contribution in [0.1, 0.15) is 16.7 Å². The lowest BCUT2D eigenvalue weighted by atomic mass is 10.1. The minimum Gasteiger partial charge on any atom is -0.341 e. The van der Waals surface area contributed by atoms with E-state index in [2.05, 4.69) is 4.98 Å². The number of aromatic nitrogens is 1. The molecule has 1 amide bonds. The van der Waals surface area contributed by atoms with Gasteiger partial charge in [-0.2, -0.15) is 0 Å². The highest BCUT2D eigenvalue weighted by Gasteiger charge is 2.11. The molecule has 0 aliphatic heterocycles. The maximum Gasteiger partial charge on any atom is 0.227 e. The largest absolute Gasteiger partial charge is 0.341 e. The second-order valence-corrected chi connectivity index (χ2v) is 4.71. The Morgan fingerprint density at radius 1 is 1.16 bits per heavy atom. The Bertz CT molecular complexity index is 552. The molecule has 1 aromatic carbocycles. The summed E-state index contributed by atoms with van der Waals surface area (Å²) in [6.07, 6.45) is 3.94. The van der Waals surface area contributed by atoms with E-state index in [1.165, 1.54) is 0 Å². The molecule has 3 nitrogen and oxygen atoms in total. The Balaban J connectivity index is 1.99. The molecule has 1 aromatic heterocycles. The van der Waals surface area contributed by atoms with Crippen molar-refractivity contribution in [2.75, 3.05) is 7.05 Å². The average Bonchev–Trinajstić information content (AvgIpc) is 2.42. The lowest BCUT2D eigenvalue weighted by Crippen LogP contribution is -2.27. The van der Waals surface area contributed by atoms with Crippen LogP contribution in [0.15, 0.2) is 48.8 Å². The third-order valence-electron chi connectivity index (χ3n) is 3.20. The molecule has 0 saturated heterocycles. The molecule has 2 rings (SSSR count). The molecular weight excluding hydrogens is 236 g/mol. The maximum atomic E-state index is 12.2. The number of pyridine rings is 1. The van der Waals surface area contributed by atoms with Gasteiger partial charge >= 0.3 is 0 Å². The van der Waals surface area contributed by atoms with E-state index in [0.29, 0.717) is 13.0 Å². The van der Waals surface area contributed by atoms with Gasteiger partial charge in [-0.25, -0.2) is 0 Å². The topological polar surface area (TPSA) is 33.2 Å². The number of aryl methyl sites for hydroxylation is 1. The van der Waals surface area contributed by atoms with E-state index >= 15 is 0 Å². The fraction of sp³-hybridized carbons (Fsp3) is 0.250. The third-order valence-corrected chi connectivity index (χ3v) is 3.20. The van der Waals surface area contributed by atoms with Gasteiger partial charge < -0.3 is 4.90 Å². The van der Waals surface area contributed by atoms with Crippen molar-refractivity contribution in [3.05, 3.63) is 65.5 Å². The van der Waals surface area contributed by atoms with Gasteiger partial charge in [0.25, 0.3) is 0 Å². The first-order chi connectivity index (χ1) is 9.16. The van der Waals surface area contributed by atoms with Crippen LogP contribution in [-0.2, 0) is 17.8 Å². The molecule has 0 saturated carbocycles. The van der Waals surface area contributed by atoms with E-state index in [1.54, 1.807) is 17.3 Å². The zero-order chi connectivity index (χ0) is 13.7. The molecule has 0 aliphatic rings. The van der Waals surface area contributed by atoms with Gasteiger partial charge in [-0.3, -0.25) is 9.78 Å². The normalized spacial score (nSPS) is 10.2. The smallest absolute Gasteiger partial charge is 0.227 e. The number of amides is 1. The number of benzene rings is 1. The molecule has 0 fully saturated rings. The van der Waals surface area contributed by atoms with Crippen molar-refractivity contribution in [3.63, 3.8) is 0 Å². The molecule has 1 heterocycles. The molecule has 0 radical (unpaired) electrons. The van der Waals surface area contributed by atoms with E-state index in [4.69, 9.17) is 0 Å². The Labute approximate surface area is 113 Å². The van der Waals surface area contributed by atoms with Gasteiger partial charge in [-0.1, -0.05) is 24.3 Å². The summed E-state index contributed by atoms with van der Waals surface area (Å²) < 4.78 is 0. The van der Waals surface area contributed by atoms with Crippen LogP contribution < -0.4 is 0 Å². The monoisotopic (exact) mass is 254 g/mol. The second-order valence-electron chi connectivity index (χ2n) is 4.71. The SMILES string of the molecule is Cc1ccccc1CC(=O)N(C)Cc1ccncc1. The number of likely N-dealkylation sites (N-methyl/N-ethyl adjacent to an activating group) is 1. The first-order valence-corrected chi connectivity index (χ1v) is 6.34. The Hall–Kier alpha value is -2.16. The van der Waals surface area contributed by atoms with Crippen LogP contribution in [-0.4, -0.2) is 22.8 Å². The lowest BCUT2D eigenvalue weighted by molar-refractivity contribution is -0.129. The molecule has 0 unspecified atom stereocenters. The Morgan fingerprint density at radius 2 is 1.84 bits per heavy atom. The summed E-state index contributed by atoms with van der Waals surface area (Å²) in [5.41, 5.74) is 3.35. The minimum atomic E-state index is 0.131. The number of hydrogen-bond donors (Lipinski definition) is 0. The average molecular weight is 254 g/mol. The van der Waals surface area contributed by atoms with Crippen molar-refractivity contribution in [2.24, 2.45) is 0 Å². The molecule has 2 aromatic rings. The summed E-state index contributed by atoms with van der Waals surface area (Å²) in [6.45, 7) is 2.65. The van der Waals surface area contributed by atoms with Crippen molar-refractivity contribution < 1.29 is 4.79 Å². The van der Waals surface area contributed by atoms with Crippen LogP contribution >= 0.6 is 0 Å². The first kappa shape index (κ1) is 13.3. The van der Waals surface area contributed by atoms with Crippen LogP contribution in [0, 0.1) is 6.92 Å². The highest BCUT2D eigenvalue weighted by atomic mass is 16.2. The molecule has 19 heavy (non-hydrogen) atoms. The van der Waals surface area contributed by atoms with Crippen molar-refractivity contribution in [1.29, 1.82) is 0 Å². The van der Waals surface area contributed by atoms with Crippen molar-refractivity contribution >= 4 is 5.91 Å². The Kier molecular flexibility index (Phi) is 4.29. The van der Waals surface area contributed by atoms with Crippen molar-refractivity contribution in [1.82, 2.24) is 9.88 Å². The van der Waals surface area contributed by atoms with Crippen LogP contribution in [0.3, 0.4) is 0 Å². The van der Waals surface area contributed by atoms with Gasteiger partial charge in [0.05, 0.1) is 6.42 Å². The van der Waals surface area contributed by atoms with E-state index in [0.717, 1.165) is 16.7 Å². The first-order valence-electron chi connectivity index (χ1n) is 6.34. The van der Waals surface area contributed by atoms with E-state index in [9.17, 15) is 4.79 Å². The van der Waals surface area contributed by atoms with Crippen LogP contribution in [0.2, 0.25) is 0 Å². The van der Waals surface area contributed by atoms with Crippen LogP contribution in [0.25, 0.3) is 0 Å². The summed E-state index contributed by atoms with van der Waals surface area (Å²) in [5.74, 6) is 0.131. The van der Waals surface area contributed by atoms with Gasteiger partial charge in [-0.05, 0) is 35.7 Å². The van der Waals surface area contributed by atoms with Gasteiger partial charge in [-0.15, -0.1) is 0 Å². The molecular formula is C16H18N2O. The number of carbonyl (C=O) groups is 1. The fourth-order valence-corrected chi connectivity index (χ4v) is 1.96. The van der Waals surface area contributed by atoms with E-state index in [1.807, 2.05) is 50.4 Å². The van der Waals surface area contributed by atoms with Gasteiger partial charge in [0, 0.05) is 26.0 Å². The number of hydrogen-bond acceptors (Lipinski definition) is 2. The molecule has 0 N–H and O–H groups in total. The standard InChI is InChI=1S/C16H18N2O/c1-13-5-3-4-6-15(13)11-16(19)18(2)12-14-7-9-17-10-8-14/h3-10H,11-12H2,1-2H3. The van der Waals surface area contributed by atoms with Crippen LogP contribution in [0.5, 0.6) is 0 Å². The molecule has 98 valence electrons. The third kappa shape index (κ3) is 3.65. The predicted molar refractivity (Wildman–Crippen MR) is 75.6 cm³/mol. The molecule has 0 atom stereocenters. The number of carbonyl (C=O) groups excluding carboxylic acids is 1. The Morgan fingerprint density at radius 3 is 2.53 bits per heavy atom. The molecule has 3 heteroatoms. The quantitative estimate of drug-likeness (QED) is 0.840. The maximum absolute atomic E-state index is 12.2. The summed E-state index contributed by atoms with van der Waals surface area (Å²) in [7, 11) is 1.83. The summed E-state index contributed by atoms with van der Waals surface area (Å²) in [4.78, 5) is 17.9. The minimum absolute atomic E-state index is 0.131. The van der Waals surface area contributed by atoms with E-state index < -0.39 is 0 Å². The van der Waals surface area contributed by atoms with Gasteiger partial charge in [0.1, 0.15) is 0 Å². The summed E-state index contributed by atoms with van der Waals surface area (Å²) in [5, 5.41) is 0. The summed E-state index contributed by atoms with van der Waals surface area (Å²) in [6, 6.07) is 11.9. The lowest BCUT2D eigenvalue weighted by Gasteiger charge is -2.17. The van der Waals surface area contributed by atoms with Crippen molar-refractivity contribution in [3.8, 4) is 0 Å². The molecule has 0 bridgehead atoms. The predicted octanol–water partition coefficient (Wildman–Crippen LogP) is 2.59. The zero-order valence-electron chi connectivity index (χ0n) is 11.3. The van der Waals surface area contributed by atoms with Gasteiger partial charge in [0.15, 0.2) is 0 Å². The zero-order valence-corrected chi connectivity index (χ0v) is 11.3. The van der Waals surface area contributed by atoms with Gasteiger partial charge in [0.2, 0.25) is 5.91 Å². The molecule has 0 aliphatic carbocycles. The van der Waals surface area contributed by atoms with Crippen LogP contribution in [0.4, 0.5) is 0 Å². The van der Waals surface area contributed by atoms with E-state index in [-0.39, 0.29) is 5.91 Å². The second kappa shape index (κ2) is 6.14. The number of rotatable bonds is 4. The highest BCUT2D eigenvalue weighted by Crippen LogP contribution is 2.10. The fourth-order valence-electron chi connectivity index (χ4n) is 1.96.